The van der Waals surface area contributed by atoms with Crippen molar-refractivity contribution in [1.29, 1.82) is 0 Å². The number of nitrogens with zero attached hydrogens (tertiary/aromatic N) is 3. The van der Waals surface area contributed by atoms with Crippen LogP contribution in [0.5, 0.6) is 0 Å². The van der Waals surface area contributed by atoms with Gasteiger partial charge in [0.05, 0.1) is 10.5 Å². The van der Waals surface area contributed by atoms with Gasteiger partial charge in [0.2, 0.25) is 0 Å². The van der Waals surface area contributed by atoms with Gasteiger partial charge >= 0.3 is 0 Å². The third-order valence-corrected chi connectivity index (χ3v) is 6.05. The molecule has 2 aromatic heterocycles. The van der Waals surface area contributed by atoms with Crippen molar-refractivity contribution < 1.29 is 9.00 Å². The van der Waals surface area contributed by atoms with Crippen LogP contribution in [-0.2, 0) is 17.5 Å². The van der Waals surface area contributed by atoms with Crippen molar-refractivity contribution in [3.63, 3.8) is 0 Å². The monoisotopic (exact) mass is 383 g/mol. The summed E-state index contributed by atoms with van der Waals surface area (Å²) in [7, 11) is -1.13. The highest BCUT2D eigenvalue weighted by Crippen LogP contribution is 2.13. The van der Waals surface area contributed by atoms with E-state index in [4.69, 9.17) is 0 Å². The molecule has 0 spiro atoms. The maximum absolute atomic E-state index is 12.6. The van der Waals surface area contributed by atoms with Crippen molar-refractivity contribution in [3.05, 3.63) is 66.1 Å². The van der Waals surface area contributed by atoms with Crippen LogP contribution in [0.3, 0.4) is 0 Å². The van der Waals surface area contributed by atoms with Gasteiger partial charge in [-0.2, -0.15) is 0 Å². The van der Waals surface area contributed by atoms with E-state index in [1.165, 1.54) is 0 Å². The van der Waals surface area contributed by atoms with Gasteiger partial charge in [0, 0.05) is 51.3 Å². The summed E-state index contributed by atoms with van der Waals surface area (Å²) in [6.07, 6.45) is 5.27. The molecule has 0 aliphatic carbocycles. The Morgan fingerprint density at radius 1 is 1.15 bits per heavy atom. The number of nitrogens with one attached hydrogen (secondary N) is 2. The molecule has 8 heteroatoms. The van der Waals surface area contributed by atoms with Crippen molar-refractivity contribution in [2.24, 2.45) is 0 Å². The molecular formula is C19H21N5O2S. The lowest BCUT2D eigenvalue weighted by atomic mass is 10.2. The second kappa shape index (κ2) is 7.99. The number of carbonyl (C=O) groups excluding carboxylic acids is 1. The van der Waals surface area contributed by atoms with Crippen LogP contribution in [0.15, 0.2) is 59.9 Å². The van der Waals surface area contributed by atoms with Gasteiger partial charge in [0.1, 0.15) is 16.6 Å². The number of piperazine rings is 1. The Hall–Kier alpha value is -2.55. The lowest BCUT2D eigenvalue weighted by Crippen LogP contribution is -2.44. The molecule has 1 fully saturated rings. The number of fused-ring (bicyclic) bond motifs is 1. The largest absolute Gasteiger partial charge is 0.348 e. The predicted octanol–water partition coefficient (Wildman–Crippen LogP) is 1.19. The van der Waals surface area contributed by atoms with E-state index < -0.39 is 11.0 Å². The molecule has 2 N–H and O–H groups in total. The molecule has 0 radical (unpaired) electrons. The zero-order chi connectivity index (χ0) is 18.6. The van der Waals surface area contributed by atoms with Crippen molar-refractivity contribution in [1.82, 2.24) is 24.3 Å². The van der Waals surface area contributed by atoms with Crippen LogP contribution >= 0.6 is 0 Å². The lowest BCUT2D eigenvalue weighted by molar-refractivity contribution is 0.0950. The average molecular weight is 383 g/mol. The highest BCUT2D eigenvalue weighted by atomic mass is 32.2. The minimum absolute atomic E-state index is 0.140. The van der Waals surface area contributed by atoms with E-state index in [1.54, 1.807) is 18.5 Å². The minimum atomic E-state index is -1.13. The topological polar surface area (TPSA) is 78.7 Å². The van der Waals surface area contributed by atoms with Crippen LogP contribution < -0.4 is 10.6 Å². The van der Waals surface area contributed by atoms with E-state index in [2.05, 4.69) is 15.6 Å². The predicted molar refractivity (Wildman–Crippen MR) is 104 cm³/mol. The maximum atomic E-state index is 12.6. The number of imidazole rings is 1. The summed E-state index contributed by atoms with van der Waals surface area (Å²) < 4.78 is 16.4. The molecule has 1 unspecified atom stereocenters. The van der Waals surface area contributed by atoms with Gasteiger partial charge in [-0.25, -0.2) is 13.5 Å². The SMILES string of the molecule is O=C(NCc1ccc(S(=O)N2CCNCC2)cc1)c1ccc2nccn2c1. The van der Waals surface area contributed by atoms with E-state index in [0.29, 0.717) is 12.1 Å². The van der Waals surface area contributed by atoms with Gasteiger partial charge in [-0.05, 0) is 29.8 Å². The van der Waals surface area contributed by atoms with E-state index in [9.17, 15) is 9.00 Å². The zero-order valence-corrected chi connectivity index (χ0v) is 15.6. The number of hydrogen-bond donors (Lipinski definition) is 2. The summed E-state index contributed by atoms with van der Waals surface area (Å²) >= 11 is 0. The van der Waals surface area contributed by atoms with Gasteiger partial charge < -0.3 is 15.0 Å². The summed E-state index contributed by atoms with van der Waals surface area (Å²) in [5, 5.41) is 6.17. The number of benzene rings is 1. The molecular weight excluding hydrogens is 362 g/mol. The second-order valence-corrected chi connectivity index (χ2v) is 7.85. The first-order valence-corrected chi connectivity index (χ1v) is 9.99. The Bertz CT molecular complexity index is 964. The molecule has 1 aliphatic rings. The van der Waals surface area contributed by atoms with Crippen LogP contribution in [0, 0.1) is 0 Å². The van der Waals surface area contributed by atoms with Crippen LogP contribution in [-0.4, -0.2) is 50.0 Å². The molecule has 27 heavy (non-hydrogen) atoms. The van der Waals surface area contributed by atoms with E-state index >= 15 is 0 Å². The van der Waals surface area contributed by atoms with E-state index in [0.717, 1.165) is 42.3 Å². The Morgan fingerprint density at radius 3 is 2.70 bits per heavy atom. The number of aromatic nitrogens is 2. The van der Waals surface area contributed by atoms with E-state index in [-0.39, 0.29) is 5.91 Å². The summed E-state index contributed by atoms with van der Waals surface area (Å²) in [6, 6.07) is 11.1. The normalized spacial score (nSPS) is 16.3. The van der Waals surface area contributed by atoms with Crippen LogP contribution in [0.4, 0.5) is 0 Å². The maximum Gasteiger partial charge on any atom is 0.253 e. The Morgan fingerprint density at radius 2 is 1.93 bits per heavy atom. The number of rotatable bonds is 5. The fourth-order valence-corrected chi connectivity index (χ4v) is 4.20. The highest BCUT2D eigenvalue weighted by molar-refractivity contribution is 7.82. The van der Waals surface area contributed by atoms with Gasteiger partial charge in [-0.15, -0.1) is 0 Å². The fraction of sp³-hybridized carbons (Fsp3) is 0.263. The Balaban J connectivity index is 1.36. The first-order chi connectivity index (χ1) is 13.2. The van der Waals surface area contributed by atoms with Crippen molar-refractivity contribution in [2.75, 3.05) is 26.2 Å². The highest BCUT2D eigenvalue weighted by Gasteiger charge is 2.17. The molecule has 1 amide bonds. The minimum Gasteiger partial charge on any atom is -0.348 e. The summed E-state index contributed by atoms with van der Waals surface area (Å²) in [6.45, 7) is 3.71. The first kappa shape index (κ1) is 17.8. The van der Waals surface area contributed by atoms with Gasteiger partial charge in [0.25, 0.3) is 5.91 Å². The third kappa shape index (κ3) is 4.08. The third-order valence-electron chi connectivity index (χ3n) is 4.54. The number of amides is 1. The molecule has 1 saturated heterocycles. The van der Waals surface area contributed by atoms with Crippen LogP contribution in [0.1, 0.15) is 15.9 Å². The van der Waals surface area contributed by atoms with E-state index in [1.807, 2.05) is 45.2 Å². The van der Waals surface area contributed by atoms with Gasteiger partial charge in [-0.3, -0.25) is 4.79 Å². The summed E-state index contributed by atoms with van der Waals surface area (Å²) in [5.74, 6) is -0.140. The van der Waals surface area contributed by atoms with Crippen LogP contribution in [0.25, 0.3) is 5.65 Å². The molecule has 1 atom stereocenters. The van der Waals surface area contributed by atoms with Crippen molar-refractivity contribution in [3.8, 4) is 0 Å². The lowest BCUT2D eigenvalue weighted by Gasteiger charge is -2.25. The van der Waals surface area contributed by atoms with Gasteiger partial charge in [0.15, 0.2) is 0 Å². The molecule has 1 aromatic carbocycles. The first-order valence-electron chi connectivity index (χ1n) is 8.88. The number of hydrogen-bond acceptors (Lipinski definition) is 4. The second-order valence-electron chi connectivity index (χ2n) is 6.37. The van der Waals surface area contributed by atoms with Crippen molar-refractivity contribution in [2.45, 2.75) is 11.4 Å². The summed E-state index contributed by atoms with van der Waals surface area (Å²) in [5.41, 5.74) is 2.35. The smallest absolute Gasteiger partial charge is 0.253 e. The molecule has 3 heterocycles. The van der Waals surface area contributed by atoms with Crippen molar-refractivity contribution >= 4 is 22.5 Å². The molecule has 7 nitrogen and oxygen atoms in total. The molecule has 3 aromatic rings. The quantitative estimate of drug-likeness (QED) is 0.694. The average Bonchev–Trinajstić information content (AvgIpc) is 3.20. The van der Waals surface area contributed by atoms with Crippen LogP contribution in [0.2, 0.25) is 0 Å². The zero-order valence-electron chi connectivity index (χ0n) is 14.8. The Kier molecular flexibility index (Phi) is 5.28. The molecule has 4 rings (SSSR count). The number of carbonyl (C=O) groups is 1. The Labute approximate surface area is 160 Å². The van der Waals surface area contributed by atoms with Gasteiger partial charge in [-0.1, -0.05) is 12.1 Å². The molecule has 0 bridgehead atoms. The summed E-state index contributed by atoms with van der Waals surface area (Å²) in [4.78, 5) is 17.3. The molecule has 140 valence electrons. The molecule has 1 aliphatic heterocycles. The fourth-order valence-electron chi connectivity index (χ4n) is 3.02. The number of pyridine rings is 1. The molecule has 0 saturated carbocycles. The standard InChI is InChI=1S/C19H21N5O2S/c25-19(16-3-6-18-21-9-10-23(18)14-16)22-13-15-1-4-17(5-2-15)27(26)24-11-7-20-8-12-24/h1-6,9-10,14,20H,7-8,11-13H2,(H,22,25).